The van der Waals surface area contributed by atoms with E-state index >= 15 is 0 Å². The van der Waals surface area contributed by atoms with E-state index in [2.05, 4.69) is 14.4 Å². The highest BCUT2D eigenvalue weighted by Crippen LogP contribution is 2.42. The van der Waals surface area contributed by atoms with E-state index in [1.54, 1.807) is 4.90 Å². The van der Waals surface area contributed by atoms with Gasteiger partial charge in [0.25, 0.3) is 15.9 Å². The molecule has 2 unspecified atom stereocenters. The number of nitrogens with zero attached hydrogens (tertiary/aromatic N) is 2. The number of aliphatic hydroxyl groups excluding tert-OH is 1. The Bertz CT molecular complexity index is 1480. The van der Waals surface area contributed by atoms with Gasteiger partial charge in [0, 0.05) is 30.6 Å². The lowest BCUT2D eigenvalue weighted by Crippen LogP contribution is -2.52. The van der Waals surface area contributed by atoms with Crippen LogP contribution in [0.3, 0.4) is 0 Å². The maximum Gasteiger partial charge on any atom is 0.287 e. The Hall–Kier alpha value is -2.74. The van der Waals surface area contributed by atoms with Gasteiger partial charge in [0.2, 0.25) is 10.0 Å². The van der Waals surface area contributed by atoms with Crippen LogP contribution in [0, 0.1) is 5.92 Å². The molecule has 0 bridgehead atoms. The van der Waals surface area contributed by atoms with Crippen molar-refractivity contribution in [2.75, 3.05) is 11.6 Å². The minimum atomic E-state index is -4.26. The number of thiophene rings is 1. The van der Waals surface area contributed by atoms with Gasteiger partial charge in [0.1, 0.15) is 21.2 Å². The highest BCUT2D eigenvalue weighted by molar-refractivity contribution is 7.91. The van der Waals surface area contributed by atoms with Gasteiger partial charge in [0.05, 0.1) is 6.26 Å². The Morgan fingerprint density at radius 1 is 1.22 bits per heavy atom. The molecule has 0 saturated heterocycles. The number of anilines is 1. The lowest BCUT2D eigenvalue weighted by Gasteiger charge is -2.44. The van der Waals surface area contributed by atoms with Gasteiger partial charge in [-0.1, -0.05) is 43.2 Å². The molecule has 13 heteroatoms. The summed E-state index contributed by atoms with van der Waals surface area (Å²) in [4.78, 5) is 15.3. The first-order valence-electron chi connectivity index (χ1n) is 11.5. The van der Waals surface area contributed by atoms with Crippen molar-refractivity contribution in [3.63, 3.8) is 0 Å². The lowest BCUT2D eigenvalue weighted by atomic mass is 9.78. The van der Waals surface area contributed by atoms with Crippen molar-refractivity contribution in [3.8, 4) is 0 Å². The maximum absolute atomic E-state index is 13.8. The van der Waals surface area contributed by atoms with Crippen molar-refractivity contribution in [2.45, 2.75) is 49.7 Å². The molecule has 2 aliphatic heterocycles. The molecule has 1 saturated carbocycles. The summed E-state index contributed by atoms with van der Waals surface area (Å²) in [6.45, 7) is 0.126. The van der Waals surface area contributed by atoms with Gasteiger partial charge < -0.3 is 15.3 Å². The van der Waals surface area contributed by atoms with Gasteiger partial charge in [-0.15, -0.1) is 15.7 Å². The highest BCUT2D eigenvalue weighted by Gasteiger charge is 2.45. The zero-order valence-electron chi connectivity index (χ0n) is 19.5. The number of rotatable bonds is 6. The van der Waals surface area contributed by atoms with E-state index in [0.29, 0.717) is 13.0 Å². The van der Waals surface area contributed by atoms with Gasteiger partial charge in [-0.2, -0.15) is 8.42 Å². The Kier molecular flexibility index (Phi) is 6.43. The second-order valence-corrected chi connectivity index (χ2v) is 13.4. The molecule has 3 aliphatic rings. The number of aliphatic hydroxyl groups is 1. The number of hydrogen-bond acceptors (Lipinski definition) is 8. The molecule has 1 aliphatic carbocycles. The van der Waals surface area contributed by atoms with Crippen LogP contribution in [-0.2, 0) is 37.9 Å². The third kappa shape index (κ3) is 4.67. The third-order valence-corrected chi connectivity index (χ3v) is 9.83. The van der Waals surface area contributed by atoms with Crippen LogP contribution in [-0.4, -0.2) is 50.9 Å². The number of sulfonamides is 2. The maximum atomic E-state index is 13.8. The van der Waals surface area contributed by atoms with Crippen LogP contribution < -0.4 is 10.0 Å². The molecule has 3 heterocycles. The molecule has 3 N–H and O–H groups in total. The van der Waals surface area contributed by atoms with Gasteiger partial charge in [0.15, 0.2) is 5.84 Å². The SMILES string of the molecule is CS(=O)(=O)NCc1csc2c1S(=O)(=O)N=C(C1=C(O)C3CCCCC3N(Cc3ccccc3)C1=O)N2. The van der Waals surface area contributed by atoms with Crippen LogP contribution in [0.15, 0.2) is 56.3 Å². The fourth-order valence-corrected chi connectivity index (χ4v) is 8.10. The molecule has 1 aromatic carbocycles. The van der Waals surface area contributed by atoms with E-state index < -0.39 is 26.0 Å². The number of benzene rings is 1. The molecule has 192 valence electrons. The molecule has 10 nitrogen and oxygen atoms in total. The Balaban J connectivity index is 1.53. The lowest BCUT2D eigenvalue weighted by molar-refractivity contribution is -0.133. The largest absolute Gasteiger partial charge is 0.511 e. The molecule has 5 rings (SSSR count). The average Bonchev–Trinajstić information content (AvgIpc) is 3.25. The summed E-state index contributed by atoms with van der Waals surface area (Å²) < 4.78 is 55.5. The van der Waals surface area contributed by atoms with E-state index in [9.17, 15) is 26.7 Å². The molecule has 2 atom stereocenters. The van der Waals surface area contributed by atoms with Crippen molar-refractivity contribution in [3.05, 3.63) is 58.2 Å². The number of carbonyl (C=O) groups is 1. The zero-order chi connectivity index (χ0) is 25.7. The topological polar surface area (TPSA) is 145 Å². The summed E-state index contributed by atoms with van der Waals surface area (Å²) in [6, 6.07) is 9.35. The quantitative estimate of drug-likeness (QED) is 0.501. The molecule has 0 spiro atoms. The Morgan fingerprint density at radius 2 is 1.94 bits per heavy atom. The van der Waals surface area contributed by atoms with E-state index in [-0.39, 0.29) is 51.1 Å². The first-order chi connectivity index (χ1) is 17.0. The summed E-state index contributed by atoms with van der Waals surface area (Å²) in [7, 11) is -7.80. The average molecular weight is 551 g/mol. The number of carbonyl (C=O) groups excluding carboxylic acids is 1. The normalized spacial score (nSPS) is 23.5. The number of nitrogens with one attached hydrogen (secondary N) is 2. The number of hydrogen-bond donors (Lipinski definition) is 3. The highest BCUT2D eigenvalue weighted by atomic mass is 32.2. The zero-order valence-corrected chi connectivity index (χ0v) is 21.9. The molecular weight excluding hydrogens is 524 g/mol. The molecule has 1 amide bonds. The van der Waals surface area contributed by atoms with E-state index in [4.69, 9.17) is 0 Å². The standard InChI is InChI=1S/C23H26N4O6S3/c1-35(30,31)24-11-15-13-34-22-20(15)36(32,33)26-21(25-22)18-19(28)16-9-5-6-10-17(16)27(23(18)29)12-14-7-3-2-4-8-14/h2-4,7-8,13,16-17,24,28H,5-6,9-12H2,1H3,(H,25,26). The van der Waals surface area contributed by atoms with E-state index in [0.717, 1.165) is 42.4 Å². The smallest absolute Gasteiger partial charge is 0.287 e. The molecule has 0 radical (unpaired) electrons. The predicted molar refractivity (Wildman–Crippen MR) is 137 cm³/mol. The van der Waals surface area contributed by atoms with Crippen molar-refractivity contribution < 1.29 is 26.7 Å². The number of fused-ring (bicyclic) bond motifs is 2. The second kappa shape index (κ2) is 9.29. The fraction of sp³-hybridized carbons (Fsp3) is 0.391. The van der Waals surface area contributed by atoms with Crippen molar-refractivity contribution in [2.24, 2.45) is 10.3 Å². The van der Waals surface area contributed by atoms with Gasteiger partial charge >= 0.3 is 0 Å². The Morgan fingerprint density at radius 3 is 2.67 bits per heavy atom. The van der Waals surface area contributed by atoms with Gasteiger partial charge in [-0.05, 0) is 23.8 Å². The van der Waals surface area contributed by atoms with Crippen molar-refractivity contribution in [1.29, 1.82) is 0 Å². The van der Waals surface area contributed by atoms with Crippen molar-refractivity contribution in [1.82, 2.24) is 9.62 Å². The molecular formula is C23H26N4O6S3. The molecule has 36 heavy (non-hydrogen) atoms. The first kappa shape index (κ1) is 24.9. The molecule has 1 fully saturated rings. The summed E-state index contributed by atoms with van der Waals surface area (Å²) in [6.07, 6.45) is 4.27. The summed E-state index contributed by atoms with van der Waals surface area (Å²) in [5.41, 5.74) is 1.06. The third-order valence-electron chi connectivity index (χ3n) is 6.69. The monoisotopic (exact) mass is 550 g/mol. The summed E-state index contributed by atoms with van der Waals surface area (Å²) in [5.74, 6) is -1.12. The van der Waals surface area contributed by atoms with Crippen LogP contribution in [0.5, 0.6) is 0 Å². The number of amides is 1. The first-order valence-corrected chi connectivity index (χ1v) is 15.7. The van der Waals surface area contributed by atoms with E-state index in [1.807, 2.05) is 30.3 Å². The minimum absolute atomic E-state index is 0.130. The van der Waals surface area contributed by atoms with E-state index in [1.165, 1.54) is 5.38 Å². The van der Waals surface area contributed by atoms with Crippen LogP contribution in [0.4, 0.5) is 5.00 Å². The van der Waals surface area contributed by atoms with Crippen LogP contribution >= 0.6 is 11.3 Å². The minimum Gasteiger partial charge on any atom is -0.511 e. The second-order valence-electron chi connectivity index (χ2n) is 9.19. The van der Waals surface area contributed by atoms with Crippen LogP contribution in [0.2, 0.25) is 0 Å². The summed E-state index contributed by atoms with van der Waals surface area (Å²) >= 11 is 1.07. The molecule has 1 aromatic heterocycles. The Labute approximate surface area is 213 Å². The van der Waals surface area contributed by atoms with Gasteiger partial charge in [-0.3, -0.25) is 4.79 Å². The summed E-state index contributed by atoms with van der Waals surface area (Å²) in [5, 5.41) is 15.9. The van der Waals surface area contributed by atoms with Gasteiger partial charge in [-0.25, -0.2) is 13.1 Å². The fourth-order valence-electron chi connectivity index (χ4n) is 5.07. The van der Waals surface area contributed by atoms with Crippen molar-refractivity contribution >= 4 is 48.1 Å². The van der Waals surface area contributed by atoms with Crippen LogP contribution in [0.1, 0.15) is 36.8 Å². The van der Waals surface area contributed by atoms with Crippen LogP contribution in [0.25, 0.3) is 0 Å². The molecule has 2 aromatic rings. The predicted octanol–water partition coefficient (Wildman–Crippen LogP) is 2.72. The number of amidine groups is 1.